The van der Waals surface area contributed by atoms with E-state index in [0.29, 0.717) is 0 Å². The molecule has 0 aliphatic carbocycles. The number of phenols is 1. The lowest BCUT2D eigenvalue weighted by atomic mass is 9.98. The van der Waals surface area contributed by atoms with Crippen LogP contribution >= 0.6 is 0 Å². The van der Waals surface area contributed by atoms with Crippen LogP contribution < -0.4 is 10.6 Å². The molecule has 0 saturated heterocycles. The van der Waals surface area contributed by atoms with Gasteiger partial charge in [0, 0.05) is 19.0 Å². The molecule has 0 aliphatic rings. The molecule has 0 fully saturated rings. The average Bonchev–Trinajstić information content (AvgIpc) is 2.87. The van der Waals surface area contributed by atoms with E-state index >= 15 is 0 Å². The minimum atomic E-state index is -1.34. The number of hydrogen-bond acceptors (Lipinski definition) is 7. The van der Waals surface area contributed by atoms with E-state index in [1.54, 1.807) is 53.7 Å². The van der Waals surface area contributed by atoms with Gasteiger partial charge in [0.05, 0.1) is 0 Å². The first-order valence-corrected chi connectivity index (χ1v) is 14.5. The van der Waals surface area contributed by atoms with Crippen LogP contribution in [0.1, 0.15) is 79.0 Å². The maximum atomic E-state index is 14.0. The maximum Gasteiger partial charge on any atom is 0.408 e. The molecule has 3 unspecified atom stereocenters. The number of amides is 3. The molecular formula is C33H47N3O7. The largest absolute Gasteiger partial charge is 0.508 e. The van der Waals surface area contributed by atoms with Crippen LogP contribution in [-0.2, 0) is 30.3 Å². The van der Waals surface area contributed by atoms with E-state index in [9.17, 15) is 24.3 Å². The normalized spacial score (nSPS) is 13.8. The molecule has 0 spiro atoms. The summed E-state index contributed by atoms with van der Waals surface area (Å²) in [7, 11) is 1.42. The van der Waals surface area contributed by atoms with Crippen molar-refractivity contribution in [2.75, 3.05) is 7.05 Å². The van der Waals surface area contributed by atoms with Gasteiger partial charge in [0.15, 0.2) is 0 Å². The first-order valence-electron chi connectivity index (χ1n) is 14.5. The number of para-hydroxylation sites is 1. The van der Waals surface area contributed by atoms with E-state index < -0.39 is 53.2 Å². The van der Waals surface area contributed by atoms with E-state index in [0.717, 1.165) is 5.56 Å². The van der Waals surface area contributed by atoms with Gasteiger partial charge >= 0.3 is 12.1 Å². The summed E-state index contributed by atoms with van der Waals surface area (Å²) < 4.78 is 11.0. The third kappa shape index (κ3) is 11.6. The van der Waals surface area contributed by atoms with Gasteiger partial charge in [-0.05, 0) is 65.5 Å². The Morgan fingerprint density at radius 2 is 1.37 bits per heavy atom. The van der Waals surface area contributed by atoms with Gasteiger partial charge in [-0.2, -0.15) is 0 Å². The highest BCUT2D eigenvalue weighted by Crippen LogP contribution is 2.29. The number of aromatic hydroxyl groups is 1. The first kappa shape index (κ1) is 35.1. The number of carbonyl (C=O) groups is 4. The van der Waals surface area contributed by atoms with Crippen LogP contribution in [0.4, 0.5) is 4.79 Å². The molecule has 2 aromatic rings. The van der Waals surface area contributed by atoms with Gasteiger partial charge in [-0.25, -0.2) is 9.59 Å². The molecule has 3 atom stereocenters. The summed E-state index contributed by atoms with van der Waals surface area (Å²) in [6.45, 7) is 14.1. The smallest absolute Gasteiger partial charge is 0.408 e. The van der Waals surface area contributed by atoms with Gasteiger partial charge in [0.25, 0.3) is 0 Å². The van der Waals surface area contributed by atoms with Crippen LogP contribution in [0.3, 0.4) is 0 Å². The molecule has 10 heteroatoms. The van der Waals surface area contributed by atoms with E-state index in [4.69, 9.17) is 9.47 Å². The second-order valence-corrected chi connectivity index (χ2v) is 13.0. The molecule has 2 aromatic carbocycles. The Balaban J connectivity index is 2.48. The lowest BCUT2D eigenvalue weighted by Crippen LogP contribution is -2.54. The summed E-state index contributed by atoms with van der Waals surface area (Å²) in [5.41, 5.74) is -0.646. The molecule has 236 valence electrons. The van der Waals surface area contributed by atoms with Crippen molar-refractivity contribution >= 4 is 23.9 Å². The summed E-state index contributed by atoms with van der Waals surface area (Å²) in [5, 5.41) is 16.2. The van der Waals surface area contributed by atoms with E-state index in [-0.39, 0.29) is 30.1 Å². The number of phenolic OH excluding ortho intramolecular Hbond substituents is 1. The molecule has 3 amide bonds. The van der Waals surface area contributed by atoms with Gasteiger partial charge in [-0.3, -0.25) is 9.59 Å². The molecule has 10 nitrogen and oxygen atoms in total. The van der Waals surface area contributed by atoms with Gasteiger partial charge < -0.3 is 30.1 Å². The van der Waals surface area contributed by atoms with Crippen LogP contribution in [0, 0.1) is 5.92 Å². The van der Waals surface area contributed by atoms with Crippen molar-refractivity contribution in [3.05, 3.63) is 65.7 Å². The van der Waals surface area contributed by atoms with Crippen molar-refractivity contribution < 1.29 is 33.8 Å². The number of nitrogens with zero attached hydrogens (tertiary/aromatic N) is 1. The molecule has 0 bridgehead atoms. The molecule has 0 aromatic heterocycles. The van der Waals surface area contributed by atoms with E-state index in [2.05, 4.69) is 10.6 Å². The summed E-state index contributed by atoms with van der Waals surface area (Å²) in [6, 6.07) is 11.9. The number of nitrogens with one attached hydrogen (secondary N) is 2. The number of rotatable bonds is 11. The third-order valence-electron chi connectivity index (χ3n) is 6.20. The lowest BCUT2D eigenvalue weighted by Gasteiger charge is -2.33. The van der Waals surface area contributed by atoms with Crippen LogP contribution in [-0.4, -0.2) is 64.2 Å². The number of ether oxygens (including phenoxy) is 2. The van der Waals surface area contributed by atoms with Crippen molar-refractivity contribution in [3.63, 3.8) is 0 Å². The molecule has 0 aliphatic heterocycles. The number of hydrogen-bond donors (Lipinski definition) is 3. The Morgan fingerprint density at radius 3 is 1.91 bits per heavy atom. The average molecular weight is 598 g/mol. The SMILES string of the molecule is CC(C)CC(NC(=O)OC(C)(C)C)C(=O)N(C)C(C(=O)NC(Cc1ccccc1)C(=O)OC(C)(C)C)c1ccccc1O. The van der Waals surface area contributed by atoms with Crippen LogP contribution in [0.2, 0.25) is 0 Å². The minimum Gasteiger partial charge on any atom is -0.508 e. The molecular weight excluding hydrogens is 550 g/mol. The zero-order valence-corrected chi connectivity index (χ0v) is 26.8. The fourth-order valence-electron chi connectivity index (χ4n) is 4.43. The van der Waals surface area contributed by atoms with Crippen molar-refractivity contribution in [3.8, 4) is 5.75 Å². The second kappa shape index (κ2) is 14.9. The Hall–Kier alpha value is -4.08. The Bertz CT molecular complexity index is 1250. The zero-order chi connectivity index (χ0) is 32.5. The van der Waals surface area contributed by atoms with E-state index in [1.165, 1.54) is 24.1 Å². The second-order valence-electron chi connectivity index (χ2n) is 13.0. The number of likely N-dealkylation sites (N-methyl/N-ethyl adjacent to an activating group) is 1. The molecule has 0 radical (unpaired) electrons. The highest BCUT2D eigenvalue weighted by atomic mass is 16.6. The predicted octanol–water partition coefficient (Wildman–Crippen LogP) is 4.90. The summed E-state index contributed by atoms with van der Waals surface area (Å²) in [4.78, 5) is 55.0. The summed E-state index contributed by atoms with van der Waals surface area (Å²) in [6.07, 6.45) is -0.356. The topological polar surface area (TPSA) is 134 Å². The number of alkyl carbamates (subject to hydrolysis) is 1. The van der Waals surface area contributed by atoms with Crippen molar-refractivity contribution in [1.29, 1.82) is 0 Å². The van der Waals surface area contributed by atoms with Crippen molar-refractivity contribution in [1.82, 2.24) is 15.5 Å². The number of carbonyl (C=O) groups excluding carboxylic acids is 4. The monoisotopic (exact) mass is 597 g/mol. The Labute approximate surface area is 255 Å². The van der Waals surface area contributed by atoms with Crippen LogP contribution in [0.25, 0.3) is 0 Å². The molecule has 3 N–H and O–H groups in total. The first-order chi connectivity index (χ1) is 19.9. The Kier molecular flexibility index (Phi) is 12.2. The quantitative estimate of drug-likeness (QED) is 0.314. The van der Waals surface area contributed by atoms with Crippen LogP contribution in [0.15, 0.2) is 54.6 Å². The molecule has 0 heterocycles. The van der Waals surface area contributed by atoms with Crippen LogP contribution in [0.5, 0.6) is 5.75 Å². The van der Waals surface area contributed by atoms with Gasteiger partial charge in [0.2, 0.25) is 11.8 Å². The van der Waals surface area contributed by atoms with Crippen molar-refractivity contribution in [2.45, 2.75) is 97.6 Å². The Morgan fingerprint density at radius 1 is 0.814 bits per heavy atom. The number of esters is 1. The maximum absolute atomic E-state index is 14.0. The van der Waals surface area contributed by atoms with Gasteiger partial charge in [-0.1, -0.05) is 62.4 Å². The van der Waals surface area contributed by atoms with Crippen molar-refractivity contribution in [2.24, 2.45) is 5.92 Å². The minimum absolute atomic E-state index is 0.0112. The predicted molar refractivity (Wildman–Crippen MR) is 164 cm³/mol. The molecule has 2 rings (SSSR count). The van der Waals surface area contributed by atoms with Gasteiger partial charge in [-0.15, -0.1) is 0 Å². The van der Waals surface area contributed by atoms with Gasteiger partial charge in [0.1, 0.15) is 35.1 Å². The zero-order valence-electron chi connectivity index (χ0n) is 26.8. The standard InChI is InChI=1S/C33H47N3O7/c1-21(2)19-24(35-31(41)43-33(6,7)8)29(39)36(9)27(23-17-13-14-18-26(23)37)28(38)34-25(30(40)42-32(3,4)5)20-22-15-11-10-12-16-22/h10-18,21,24-25,27,37H,19-20H2,1-9H3,(H,34,38)(H,35,41). The fraction of sp³-hybridized carbons (Fsp3) is 0.515. The highest BCUT2D eigenvalue weighted by molar-refractivity contribution is 5.94. The third-order valence-corrected chi connectivity index (χ3v) is 6.20. The van der Waals surface area contributed by atoms with E-state index in [1.807, 2.05) is 44.2 Å². The highest BCUT2D eigenvalue weighted by Gasteiger charge is 2.37. The molecule has 43 heavy (non-hydrogen) atoms. The molecule has 0 saturated carbocycles. The number of benzene rings is 2. The lowest BCUT2D eigenvalue weighted by molar-refractivity contribution is -0.159. The fourth-order valence-corrected chi connectivity index (χ4v) is 4.43. The summed E-state index contributed by atoms with van der Waals surface area (Å²) in [5.74, 6) is -2.11. The summed E-state index contributed by atoms with van der Waals surface area (Å²) >= 11 is 0.